The summed E-state index contributed by atoms with van der Waals surface area (Å²) in [6.45, 7) is 13.5. The predicted molar refractivity (Wildman–Crippen MR) is 122 cm³/mol. The maximum atomic E-state index is 12.8. The molecular formula is C26H30N2O2. The SMILES string of the molecule is Cc1cc2c(cc1C)-c1cc(Oc3c(C(C)C)cccc3C(C)C)nc(=O)n1CC2. The van der Waals surface area contributed by atoms with Crippen LogP contribution in [0, 0.1) is 13.8 Å². The summed E-state index contributed by atoms with van der Waals surface area (Å²) in [4.78, 5) is 17.1. The fraction of sp³-hybridized carbons (Fsp3) is 0.385. The van der Waals surface area contributed by atoms with Gasteiger partial charge in [0.15, 0.2) is 0 Å². The van der Waals surface area contributed by atoms with Gasteiger partial charge < -0.3 is 4.74 Å². The van der Waals surface area contributed by atoms with Crippen LogP contribution in [0.15, 0.2) is 41.2 Å². The lowest BCUT2D eigenvalue weighted by atomic mass is 9.93. The second-order valence-corrected chi connectivity index (χ2v) is 8.93. The number of aryl methyl sites for hydroxylation is 3. The molecule has 1 aromatic heterocycles. The van der Waals surface area contributed by atoms with Crippen molar-refractivity contribution in [3.05, 3.63) is 74.7 Å². The minimum absolute atomic E-state index is 0.250. The first-order chi connectivity index (χ1) is 14.3. The number of nitrogens with zero attached hydrogens (tertiary/aromatic N) is 2. The lowest BCUT2D eigenvalue weighted by Crippen LogP contribution is -2.28. The van der Waals surface area contributed by atoms with Gasteiger partial charge in [-0.25, -0.2) is 4.79 Å². The highest BCUT2D eigenvalue weighted by atomic mass is 16.5. The number of aromatic nitrogens is 2. The van der Waals surface area contributed by atoms with Gasteiger partial charge in [0.1, 0.15) is 5.75 Å². The molecule has 1 aliphatic heterocycles. The number of hydrogen-bond donors (Lipinski definition) is 0. The molecule has 0 bridgehead atoms. The molecule has 4 heteroatoms. The Morgan fingerprint density at radius 2 is 1.60 bits per heavy atom. The average Bonchev–Trinajstić information content (AvgIpc) is 2.68. The first kappa shape index (κ1) is 20.4. The van der Waals surface area contributed by atoms with E-state index < -0.39 is 0 Å². The summed E-state index contributed by atoms with van der Waals surface area (Å²) in [6, 6.07) is 12.6. The highest BCUT2D eigenvalue weighted by Crippen LogP contribution is 2.38. The van der Waals surface area contributed by atoms with E-state index in [4.69, 9.17) is 4.74 Å². The monoisotopic (exact) mass is 402 g/mol. The molecule has 156 valence electrons. The van der Waals surface area contributed by atoms with Crippen LogP contribution < -0.4 is 10.4 Å². The summed E-state index contributed by atoms with van der Waals surface area (Å²) in [5.74, 6) is 1.82. The molecule has 0 N–H and O–H groups in total. The zero-order valence-corrected chi connectivity index (χ0v) is 18.7. The van der Waals surface area contributed by atoms with Crippen molar-refractivity contribution in [1.29, 1.82) is 0 Å². The number of para-hydroxylation sites is 1. The second-order valence-electron chi connectivity index (χ2n) is 8.93. The van der Waals surface area contributed by atoms with Crippen LogP contribution in [0.3, 0.4) is 0 Å². The van der Waals surface area contributed by atoms with Crippen LogP contribution in [-0.4, -0.2) is 9.55 Å². The Balaban J connectivity index is 1.86. The summed E-state index contributed by atoms with van der Waals surface area (Å²) < 4.78 is 8.12. The van der Waals surface area contributed by atoms with Crippen molar-refractivity contribution in [2.45, 2.75) is 66.3 Å². The van der Waals surface area contributed by atoms with Crippen molar-refractivity contribution in [3.63, 3.8) is 0 Å². The molecule has 4 rings (SSSR count). The maximum absolute atomic E-state index is 12.8. The standard InChI is InChI=1S/C26H30N2O2/c1-15(2)20-8-7-9-21(16(3)4)25(20)30-24-14-23-22-13-18(6)17(5)12-19(22)10-11-28(23)26(29)27-24/h7-9,12-16H,10-11H2,1-6H3. The van der Waals surface area contributed by atoms with Crippen LogP contribution >= 0.6 is 0 Å². The van der Waals surface area contributed by atoms with Gasteiger partial charge in [-0.3, -0.25) is 4.57 Å². The summed E-state index contributed by atoms with van der Waals surface area (Å²) in [7, 11) is 0. The number of benzene rings is 2. The number of hydrogen-bond acceptors (Lipinski definition) is 3. The number of fused-ring (bicyclic) bond motifs is 3. The van der Waals surface area contributed by atoms with Gasteiger partial charge in [0.05, 0.1) is 5.69 Å². The Morgan fingerprint density at radius 3 is 2.23 bits per heavy atom. The van der Waals surface area contributed by atoms with Crippen molar-refractivity contribution in [2.24, 2.45) is 0 Å². The summed E-state index contributed by atoms with van der Waals surface area (Å²) >= 11 is 0. The Hall–Kier alpha value is -2.88. The average molecular weight is 403 g/mol. The Bertz CT molecular complexity index is 1150. The smallest absolute Gasteiger partial charge is 0.351 e. The van der Waals surface area contributed by atoms with E-state index in [-0.39, 0.29) is 5.69 Å². The van der Waals surface area contributed by atoms with Gasteiger partial charge in [-0.1, -0.05) is 52.0 Å². The van der Waals surface area contributed by atoms with Crippen molar-refractivity contribution in [3.8, 4) is 22.9 Å². The molecule has 2 aromatic carbocycles. The predicted octanol–water partition coefficient (Wildman–Crippen LogP) is 6.12. The van der Waals surface area contributed by atoms with E-state index >= 15 is 0 Å². The van der Waals surface area contributed by atoms with Crippen LogP contribution in [0.1, 0.15) is 67.3 Å². The van der Waals surface area contributed by atoms with Gasteiger partial charge in [0.25, 0.3) is 0 Å². The fourth-order valence-corrected chi connectivity index (χ4v) is 4.24. The Kier molecular flexibility index (Phi) is 5.27. The lowest BCUT2D eigenvalue weighted by Gasteiger charge is -2.24. The van der Waals surface area contributed by atoms with Crippen LogP contribution in [0.2, 0.25) is 0 Å². The van der Waals surface area contributed by atoms with Crippen LogP contribution in [0.4, 0.5) is 0 Å². The minimum Gasteiger partial charge on any atom is -0.438 e. The molecule has 0 aliphatic carbocycles. The zero-order chi connectivity index (χ0) is 21.6. The molecular weight excluding hydrogens is 372 g/mol. The number of ether oxygens (including phenoxy) is 1. The number of rotatable bonds is 4. The van der Waals surface area contributed by atoms with Gasteiger partial charge in [0.2, 0.25) is 5.88 Å². The molecule has 0 saturated heterocycles. The zero-order valence-electron chi connectivity index (χ0n) is 18.7. The molecule has 3 aromatic rings. The molecule has 0 atom stereocenters. The van der Waals surface area contributed by atoms with Crippen LogP contribution in [0.25, 0.3) is 11.3 Å². The Morgan fingerprint density at radius 1 is 0.967 bits per heavy atom. The molecule has 0 spiro atoms. The Labute approximate surface area is 178 Å². The lowest BCUT2D eigenvalue weighted by molar-refractivity contribution is 0.438. The van der Waals surface area contributed by atoms with E-state index in [0.717, 1.165) is 34.6 Å². The van der Waals surface area contributed by atoms with E-state index in [1.807, 2.05) is 6.07 Å². The molecule has 0 fully saturated rings. The molecule has 4 nitrogen and oxygen atoms in total. The summed E-state index contributed by atoms with van der Waals surface area (Å²) in [5.41, 5.74) is 7.79. The molecule has 0 amide bonds. The van der Waals surface area contributed by atoms with Gasteiger partial charge in [0, 0.05) is 18.2 Å². The molecule has 2 heterocycles. The third kappa shape index (κ3) is 3.55. The summed E-state index contributed by atoms with van der Waals surface area (Å²) in [5, 5.41) is 0. The first-order valence-electron chi connectivity index (χ1n) is 10.8. The molecule has 0 unspecified atom stereocenters. The first-order valence-corrected chi connectivity index (χ1v) is 10.8. The quantitative estimate of drug-likeness (QED) is 0.528. The highest BCUT2D eigenvalue weighted by Gasteiger charge is 2.22. The largest absolute Gasteiger partial charge is 0.438 e. The third-order valence-electron chi connectivity index (χ3n) is 6.11. The molecule has 0 saturated carbocycles. The van der Waals surface area contributed by atoms with Crippen LogP contribution in [-0.2, 0) is 13.0 Å². The van der Waals surface area contributed by atoms with E-state index in [1.165, 1.54) is 16.7 Å². The minimum atomic E-state index is -0.250. The maximum Gasteiger partial charge on any atom is 0.351 e. The van der Waals surface area contributed by atoms with Crippen molar-refractivity contribution >= 4 is 0 Å². The van der Waals surface area contributed by atoms with E-state index in [9.17, 15) is 4.79 Å². The van der Waals surface area contributed by atoms with Crippen LogP contribution in [0.5, 0.6) is 11.6 Å². The summed E-state index contributed by atoms with van der Waals surface area (Å²) in [6.07, 6.45) is 0.846. The van der Waals surface area contributed by atoms with Crippen molar-refractivity contribution in [1.82, 2.24) is 9.55 Å². The van der Waals surface area contributed by atoms with Gasteiger partial charge in [-0.05, 0) is 66.0 Å². The van der Waals surface area contributed by atoms with E-state index in [0.29, 0.717) is 24.3 Å². The van der Waals surface area contributed by atoms with Crippen molar-refractivity contribution in [2.75, 3.05) is 0 Å². The third-order valence-corrected chi connectivity index (χ3v) is 6.11. The normalized spacial score (nSPS) is 12.8. The van der Waals surface area contributed by atoms with E-state index in [2.05, 4.69) is 76.9 Å². The van der Waals surface area contributed by atoms with Gasteiger partial charge in [-0.15, -0.1) is 0 Å². The molecule has 30 heavy (non-hydrogen) atoms. The van der Waals surface area contributed by atoms with Crippen molar-refractivity contribution < 1.29 is 4.74 Å². The molecule has 1 aliphatic rings. The van der Waals surface area contributed by atoms with Gasteiger partial charge in [-0.2, -0.15) is 4.98 Å². The topological polar surface area (TPSA) is 44.1 Å². The highest BCUT2D eigenvalue weighted by molar-refractivity contribution is 5.68. The molecule has 0 radical (unpaired) electrons. The van der Waals surface area contributed by atoms with Gasteiger partial charge >= 0.3 is 5.69 Å². The van der Waals surface area contributed by atoms with E-state index in [1.54, 1.807) is 4.57 Å². The fourth-order valence-electron chi connectivity index (χ4n) is 4.24. The second kappa shape index (κ2) is 7.75.